The van der Waals surface area contributed by atoms with Crippen LogP contribution in [0.1, 0.15) is 41.5 Å². The molecule has 1 atom stereocenters. The lowest BCUT2D eigenvalue weighted by atomic mass is 10.1. The minimum atomic E-state index is -0.234. The predicted octanol–water partition coefficient (Wildman–Crippen LogP) is 2.20. The van der Waals surface area contributed by atoms with Crippen molar-refractivity contribution in [1.29, 1.82) is 0 Å². The van der Waals surface area contributed by atoms with Crippen molar-refractivity contribution in [3.63, 3.8) is 0 Å². The molecule has 1 unspecified atom stereocenters. The molecule has 0 aromatic rings. The van der Waals surface area contributed by atoms with E-state index in [-0.39, 0.29) is 13.3 Å². The molecular formula is C11H25NO2. The van der Waals surface area contributed by atoms with Crippen LogP contribution in [0, 0.1) is 11.8 Å². The Bertz CT molecular complexity index is 157. The molecule has 0 radical (unpaired) electrons. The van der Waals surface area contributed by atoms with Crippen molar-refractivity contribution in [2.24, 2.45) is 17.6 Å². The molecule has 1 saturated heterocycles. The molecule has 86 valence electrons. The van der Waals surface area contributed by atoms with Crippen molar-refractivity contribution in [2.45, 2.75) is 40.0 Å². The van der Waals surface area contributed by atoms with E-state index >= 15 is 0 Å². The first-order chi connectivity index (χ1) is 6.57. The fourth-order valence-corrected chi connectivity index (χ4v) is 1.34. The summed E-state index contributed by atoms with van der Waals surface area (Å²) >= 11 is 0. The van der Waals surface area contributed by atoms with E-state index < -0.39 is 0 Å². The van der Waals surface area contributed by atoms with Gasteiger partial charge in [-0.3, -0.25) is 4.79 Å². The molecule has 0 aliphatic carbocycles. The molecule has 0 spiro atoms. The van der Waals surface area contributed by atoms with Crippen LogP contribution in [-0.2, 0) is 9.53 Å². The maximum atomic E-state index is 10.3. The highest BCUT2D eigenvalue weighted by Crippen LogP contribution is 2.10. The zero-order chi connectivity index (χ0) is 11.0. The summed E-state index contributed by atoms with van der Waals surface area (Å²) in [4.78, 5) is 10.3. The highest BCUT2D eigenvalue weighted by Gasteiger charge is 2.20. The third kappa shape index (κ3) is 6.89. The molecule has 1 rings (SSSR count). The summed E-state index contributed by atoms with van der Waals surface area (Å²) < 4.78 is 4.92. The monoisotopic (exact) mass is 203 g/mol. The lowest BCUT2D eigenvalue weighted by Gasteiger charge is -1.96. The average Bonchev–Trinajstić information content (AvgIpc) is 2.56. The number of rotatable bonds is 3. The Kier molecular flexibility index (Phi) is 7.48. The molecule has 0 saturated carbocycles. The number of nitrogens with two attached hydrogens (primary N) is 1. The van der Waals surface area contributed by atoms with Gasteiger partial charge in [-0.25, -0.2) is 0 Å². The summed E-state index contributed by atoms with van der Waals surface area (Å²) in [6.45, 7) is 7.94. The molecule has 0 aromatic heterocycles. The van der Waals surface area contributed by atoms with Gasteiger partial charge in [0.05, 0.1) is 12.5 Å². The summed E-state index contributed by atoms with van der Waals surface area (Å²) in [5.74, 6) is 0.646. The molecule has 0 aromatic carbocycles. The highest BCUT2D eigenvalue weighted by atomic mass is 16.5. The van der Waals surface area contributed by atoms with Crippen molar-refractivity contribution >= 4 is 5.91 Å². The molecule has 14 heavy (non-hydrogen) atoms. The van der Waals surface area contributed by atoms with Gasteiger partial charge in [-0.1, -0.05) is 33.6 Å². The Morgan fingerprint density at radius 1 is 1.64 bits per heavy atom. The molecule has 0 bridgehead atoms. The van der Waals surface area contributed by atoms with E-state index in [1.165, 1.54) is 12.8 Å². The lowest BCUT2D eigenvalue weighted by molar-refractivity contribution is -0.121. The van der Waals surface area contributed by atoms with E-state index in [4.69, 9.17) is 10.5 Å². The largest absolute Gasteiger partial charge is 0.381 e. The Morgan fingerprint density at radius 3 is 2.43 bits per heavy atom. The molecule has 3 nitrogen and oxygen atoms in total. The van der Waals surface area contributed by atoms with Crippen molar-refractivity contribution < 1.29 is 11.0 Å². The van der Waals surface area contributed by atoms with E-state index in [1.54, 1.807) is 0 Å². The van der Waals surface area contributed by atoms with Gasteiger partial charge < -0.3 is 10.5 Å². The molecule has 1 amide bonds. The van der Waals surface area contributed by atoms with Crippen LogP contribution in [0.15, 0.2) is 0 Å². The molecule has 2 N–H and O–H groups in total. The van der Waals surface area contributed by atoms with Crippen molar-refractivity contribution in [2.75, 3.05) is 13.2 Å². The zero-order valence-electron chi connectivity index (χ0n) is 9.58. The summed E-state index contributed by atoms with van der Waals surface area (Å²) in [6.07, 6.45) is 3.51. The number of hydrogen-bond donors (Lipinski definition) is 1. The summed E-state index contributed by atoms with van der Waals surface area (Å²) in [6, 6.07) is 0. The quantitative estimate of drug-likeness (QED) is 0.764. The van der Waals surface area contributed by atoms with Gasteiger partial charge in [-0.2, -0.15) is 0 Å². The van der Waals surface area contributed by atoms with Crippen LogP contribution in [0.3, 0.4) is 0 Å². The number of hydrogen-bond acceptors (Lipinski definition) is 2. The standard InChI is InChI=1S/C6H14.C5H9NO2.H2/c1-4-5-6(2)3;6-5(7)4-1-2-8-3-4;/h6H,4-5H2,1-3H3;4H,1-3H2,(H2,6,7);1H. The Hall–Kier alpha value is -0.570. The van der Waals surface area contributed by atoms with Crippen LogP contribution < -0.4 is 5.73 Å². The van der Waals surface area contributed by atoms with Crippen LogP contribution in [0.4, 0.5) is 0 Å². The smallest absolute Gasteiger partial charge is 0.222 e. The molecule has 1 heterocycles. The van der Waals surface area contributed by atoms with E-state index in [2.05, 4.69) is 20.8 Å². The van der Waals surface area contributed by atoms with E-state index in [1.807, 2.05) is 0 Å². The van der Waals surface area contributed by atoms with Crippen LogP contribution in [0.2, 0.25) is 0 Å². The van der Waals surface area contributed by atoms with Gasteiger partial charge in [-0.15, -0.1) is 0 Å². The molecule has 1 aliphatic heterocycles. The third-order valence-corrected chi connectivity index (χ3v) is 2.20. The summed E-state index contributed by atoms with van der Waals surface area (Å²) in [5.41, 5.74) is 4.98. The zero-order valence-corrected chi connectivity index (χ0v) is 9.58. The Labute approximate surface area is 88.5 Å². The predicted molar refractivity (Wildman–Crippen MR) is 60.0 cm³/mol. The van der Waals surface area contributed by atoms with Crippen molar-refractivity contribution in [3.8, 4) is 0 Å². The van der Waals surface area contributed by atoms with E-state index in [9.17, 15) is 4.79 Å². The van der Waals surface area contributed by atoms with Gasteiger partial charge in [0.25, 0.3) is 0 Å². The normalized spacial score (nSPS) is 20.4. The maximum absolute atomic E-state index is 10.3. The number of ether oxygens (including phenoxy) is 1. The van der Waals surface area contributed by atoms with Crippen LogP contribution >= 0.6 is 0 Å². The van der Waals surface area contributed by atoms with Gasteiger partial charge in [0.15, 0.2) is 0 Å². The lowest BCUT2D eigenvalue weighted by Crippen LogP contribution is -2.22. The fraction of sp³-hybridized carbons (Fsp3) is 0.909. The Morgan fingerprint density at radius 2 is 2.29 bits per heavy atom. The number of carbonyl (C=O) groups is 1. The van der Waals surface area contributed by atoms with Gasteiger partial charge in [0.2, 0.25) is 5.91 Å². The minimum absolute atomic E-state index is 0. The van der Waals surface area contributed by atoms with Gasteiger partial charge >= 0.3 is 0 Å². The Balaban J connectivity index is 0. The molecular weight excluding hydrogens is 178 g/mol. The number of carbonyl (C=O) groups excluding carboxylic acids is 1. The van der Waals surface area contributed by atoms with Gasteiger partial charge in [-0.05, 0) is 12.3 Å². The van der Waals surface area contributed by atoms with Gasteiger partial charge in [0, 0.05) is 8.03 Å². The topological polar surface area (TPSA) is 52.3 Å². The third-order valence-electron chi connectivity index (χ3n) is 2.20. The minimum Gasteiger partial charge on any atom is -0.381 e. The maximum Gasteiger partial charge on any atom is 0.222 e. The number of amides is 1. The second-order valence-corrected chi connectivity index (χ2v) is 4.15. The molecule has 1 aliphatic rings. The first-order valence-electron chi connectivity index (χ1n) is 5.45. The van der Waals surface area contributed by atoms with E-state index in [0.717, 1.165) is 12.3 Å². The van der Waals surface area contributed by atoms with Crippen molar-refractivity contribution in [3.05, 3.63) is 0 Å². The summed E-state index contributed by atoms with van der Waals surface area (Å²) in [7, 11) is 0. The first kappa shape index (κ1) is 13.4. The second-order valence-electron chi connectivity index (χ2n) is 4.15. The first-order valence-corrected chi connectivity index (χ1v) is 5.45. The fourth-order valence-electron chi connectivity index (χ4n) is 1.34. The van der Waals surface area contributed by atoms with Gasteiger partial charge in [0.1, 0.15) is 0 Å². The highest BCUT2D eigenvalue weighted by molar-refractivity contribution is 5.76. The van der Waals surface area contributed by atoms with Crippen LogP contribution in [0.25, 0.3) is 0 Å². The van der Waals surface area contributed by atoms with Crippen LogP contribution in [0.5, 0.6) is 0 Å². The second kappa shape index (κ2) is 7.80. The number of primary amides is 1. The van der Waals surface area contributed by atoms with Crippen LogP contribution in [-0.4, -0.2) is 19.1 Å². The van der Waals surface area contributed by atoms with Crippen molar-refractivity contribution in [1.82, 2.24) is 0 Å². The molecule has 1 fully saturated rings. The summed E-state index contributed by atoms with van der Waals surface area (Å²) in [5, 5.41) is 0. The SMILES string of the molecule is CCCC(C)C.NC(=O)C1CCOC1.[HH]. The average molecular weight is 203 g/mol. The molecule has 3 heteroatoms. The van der Waals surface area contributed by atoms with E-state index in [0.29, 0.717) is 13.2 Å².